The van der Waals surface area contributed by atoms with Gasteiger partial charge in [0.2, 0.25) is 0 Å². The van der Waals surface area contributed by atoms with Crippen molar-refractivity contribution in [1.29, 1.82) is 0 Å². The number of carbonyl (C=O) groups is 2. The van der Waals surface area contributed by atoms with E-state index in [4.69, 9.17) is 0 Å². The fourth-order valence-electron chi connectivity index (χ4n) is 5.76. The van der Waals surface area contributed by atoms with Crippen LogP contribution in [-0.4, -0.2) is 73.0 Å². The van der Waals surface area contributed by atoms with Crippen molar-refractivity contribution in [2.24, 2.45) is 0 Å². The van der Waals surface area contributed by atoms with E-state index in [9.17, 15) is 22.8 Å². The fourth-order valence-corrected chi connectivity index (χ4v) is 5.76. The third-order valence-corrected chi connectivity index (χ3v) is 7.88. The molecule has 210 valence electrons. The Balaban J connectivity index is 1.28. The minimum Gasteiger partial charge on any atom is -0.331 e. The Labute approximate surface area is 232 Å². The molecule has 1 heterocycles. The maximum Gasteiger partial charge on any atom is 0.416 e. The molecule has 1 N–H and O–H groups in total. The molecule has 0 radical (unpaired) electrons. The van der Waals surface area contributed by atoms with Crippen LogP contribution in [0.2, 0.25) is 0 Å². The maximum atomic E-state index is 13.4. The highest BCUT2D eigenvalue weighted by molar-refractivity contribution is 6.09. The van der Waals surface area contributed by atoms with Crippen LogP contribution in [-0.2, 0) is 19.0 Å². The van der Waals surface area contributed by atoms with Gasteiger partial charge in [-0.05, 0) is 77.9 Å². The van der Waals surface area contributed by atoms with Gasteiger partial charge < -0.3 is 15.1 Å². The van der Waals surface area contributed by atoms with Crippen molar-refractivity contribution >= 4 is 17.6 Å². The van der Waals surface area contributed by atoms with E-state index >= 15 is 0 Å². The van der Waals surface area contributed by atoms with E-state index < -0.39 is 11.7 Å². The highest BCUT2D eigenvalue weighted by Crippen LogP contribution is 2.34. The molecule has 40 heavy (non-hydrogen) atoms. The molecule has 6 nitrogen and oxygen atoms in total. The van der Waals surface area contributed by atoms with E-state index in [0.717, 1.165) is 43.6 Å². The zero-order valence-electron chi connectivity index (χ0n) is 22.9. The van der Waals surface area contributed by atoms with Gasteiger partial charge in [-0.15, -0.1) is 0 Å². The number of carbonyl (C=O) groups excluding carboxylic acids is 2. The number of hydrogen-bond donors (Lipinski definition) is 1. The summed E-state index contributed by atoms with van der Waals surface area (Å²) in [7, 11) is 3.54. The molecule has 1 unspecified atom stereocenters. The number of nitrogens with one attached hydrogen (secondary N) is 1. The molecule has 0 spiro atoms. The molecule has 1 aliphatic carbocycles. The van der Waals surface area contributed by atoms with Gasteiger partial charge in [-0.25, -0.2) is 4.79 Å². The molecule has 2 aliphatic rings. The van der Waals surface area contributed by atoms with Crippen LogP contribution < -0.4 is 5.32 Å². The maximum absolute atomic E-state index is 13.4. The Kier molecular flexibility index (Phi) is 7.59. The molecular formula is C31H33F3N4O2. The molecule has 1 saturated heterocycles. The van der Waals surface area contributed by atoms with E-state index in [-0.39, 0.29) is 11.9 Å². The largest absolute Gasteiger partial charge is 0.416 e. The lowest BCUT2D eigenvalue weighted by molar-refractivity contribution is -0.137. The summed E-state index contributed by atoms with van der Waals surface area (Å²) in [5.74, 6) is -0.310. The number of fused-ring (bicyclic) bond motifs is 1. The highest BCUT2D eigenvalue weighted by Gasteiger charge is 2.32. The quantitative estimate of drug-likeness (QED) is 0.454. The minimum absolute atomic E-state index is 0.0461. The molecule has 1 atom stereocenters. The van der Waals surface area contributed by atoms with Crippen LogP contribution in [0.3, 0.4) is 0 Å². The third kappa shape index (κ3) is 5.70. The van der Waals surface area contributed by atoms with E-state index in [2.05, 4.69) is 16.3 Å². The standard InChI is InChI=1S/C31H33F3N4O2/c1-20-5-4-6-27(28(20)21-7-10-24(11-8-21)31(32,33)34)29(39)35-25-12-9-22-18-26(19-23(22)17-25)37-13-15-38(16-14-37)30(40)36(2)3/h4-12,17,26H,13-16,18-19H2,1-3H3,(H,35,39). The molecule has 1 fully saturated rings. The summed E-state index contributed by atoms with van der Waals surface area (Å²) in [5, 5.41) is 3.00. The normalized spacial score (nSPS) is 17.4. The van der Waals surface area contributed by atoms with Crippen LogP contribution in [0, 0.1) is 6.92 Å². The first-order valence-corrected chi connectivity index (χ1v) is 13.4. The first-order chi connectivity index (χ1) is 19.0. The molecular weight excluding hydrogens is 517 g/mol. The number of benzene rings is 3. The molecule has 5 rings (SSSR count). The van der Waals surface area contributed by atoms with Crippen LogP contribution in [0.4, 0.5) is 23.7 Å². The second-order valence-corrected chi connectivity index (χ2v) is 10.8. The van der Waals surface area contributed by atoms with Gasteiger partial charge in [0.25, 0.3) is 5.91 Å². The summed E-state index contributed by atoms with van der Waals surface area (Å²) >= 11 is 0. The van der Waals surface area contributed by atoms with Gasteiger partial charge in [-0.3, -0.25) is 9.69 Å². The summed E-state index contributed by atoms with van der Waals surface area (Å²) in [4.78, 5) is 31.6. The van der Waals surface area contributed by atoms with Gasteiger partial charge in [0, 0.05) is 57.6 Å². The molecule has 0 bridgehead atoms. The molecule has 0 aromatic heterocycles. The Morgan fingerprint density at radius 2 is 1.57 bits per heavy atom. The number of hydrogen-bond acceptors (Lipinski definition) is 3. The third-order valence-electron chi connectivity index (χ3n) is 7.88. The Morgan fingerprint density at radius 1 is 0.900 bits per heavy atom. The topological polar surface area (TPSA) is 55.9 Å². The minimum atomic E-state index is -4.42. The number of amides is 3. The number of anilines is 1. The van der Waals surface area contributed by atoms with E-state index in [1.807, 2.05) is 30.0 Å². The van der Waals surface area contributed by atoms with E-state index in [1.165, 1.54) is 23.3 Å². The van der Waals surface area contributed by atoms with E-state index in [1.54, 1.807) is 31.1 Å². The van der Waals surface area contributed by atoms with Crippen molar-refractivity contribution in [3.05, 3.63) is 88.5 Å². The number of halogens is 3. The van der Waals surface area contributed by atoms with Crippen molar-refractivity contribution in [3.8, 4) is 11.1 Å². The lowest BCUT2D eigenvalue weighted by Gasteiger charge is -2.38. The van der Waals surface area contributed by atoms with Crippen LogP contribution in [0.5, 0.6) is 0 Å². The van der Waals surface area contributed by atoms with Gasteiger partial charge in [0.1, 0.15) is 0 Å². The zero-order chi connectivity index (χ0) is 28.6. The van der Waals surface area contributed by atoms with Crippen molar-refractivity contribution in [3.63, 3.8) is 0 Å². The number of piperazine rings is 1. The molecule has 3 aromatic carbocycles. The van der Waals surface area contributed by atoms with Crippen molar-refractivity contribution in [2.45, 2.75) is 32.0 Å². The zero-order valence-corrected chi connectivity index (χ0v) is 22.9. The first-order valence-electron chi connectivity index (χ1n) is 13.4. The van der Waals surface area contributed by atoms with Crippen LogP contribution in [0.25, 0.3) is 11.1 Å². The van der Waals surface area contributed by atoms with Crippen LogP contribution in [0.1, 0.15) is 32.6 Å². The first kappa shape index (κ1) is 27.7. The number of alkyl halides is 3. The van der Waals surface area contributed by atoms with Gasteiger partial charge in [-0.2, -0.15) is 13.2 Å². The Hall–Kier alpha value is -3.85. The van der Waals surface area contributed by atoms with Gasteiger partial charge >= 0.3 is 12.2 Å². The fraction of sp³-hybridized carbons (Fsp3) is 0.355. The second kappa shape index (κ2) is 11.0. The molecule has 3 aromatic rings. The van der Waals surface area contributed by atoms with Crippen LogP contribution in [0.15, 0.2) is 60.7 Å². The van der Waals surface area contributed by atoms with Crippen LogP contribution >= 0.6 is 0 Å². The lowest BCUT2D eigenvalue weighted by Crippen LogP contribution is -2.54. The second-order valence-electron chi connectivity index (χ2n) is 10.8. The predicted octanol–water partition coefficient (Wildman–Crippen LogP) is 5.70. The molecule has 0 saturated carbocycles. The monoisotopic (exact) mass is 550 g/mol. The Morgan fingerprint density at radius 3 is 2.23 bits per heavy atom. The highest BCUT2D eigenvalue weighted by atomic mass is 19.4. The van der Waals surface area contributed by atoms with Crippen molar-refractivity contribution < 1.29 is 22.8 Å². The SMILES string of the molecule is Cc1cccc(C(=O)Nc2ccc3c(c2)CC(N2CCN(C(=O)N(C)C)CC2)C3)c1-c1ccc(C(F)(F)F)cc1. The summed E-state index contributed by atoms with van der Waals surface area (Å²) in [5.41, 5.74) is 4.79. The average molecular weight is 551 g/mol. The summed E-state index contributed by atoms with van der Waals surface area (Å²) in [6.45, 7) is 4.94. The van der Waals surface area contributed by atoms with Crippen molar-refractivity contribution in [2.75, 3.05) is 45.6 Å². The molecule has 3 amide bonds. The molecule has 9 heteroatoms. The lowest BCUT2D eigenvalue weighted by atomic mass is 9.93. The number of nitrogens with zero attached hydrogens (tertiary/aromatic N) is 3. The predicted molar refractivity (Wildman–Crippen MR) is 149 cm³/mol. The number of aryl methyl sites for hydroxylation is 1. The van der Waals surface area contributed by atoms with E-state index in [0.29, 0.717) is 41.5 Å². The van der Waals surface area contributed by atoms with Gasteiger partial charge in [0.05, 0.1) is 5.56 Å². The summed E-state index contributed by atoms with van der Waals surface area (Å²) in [6.07, 6.45) is -2.61. The number of rotatable bonds is 4. The van der Waals surface area contributed by atoms with Crippen molar-refractivity contribution in [1.82, 2.24) is 14.7 Å². The average Bonchev–Trinajstić information content (AvgIpc) is 3.35. The number of urea groups is 1. The summed E-state index contributed by atoms with van der Waals surface area (Å²) in [6, 6.07) is 16.6. The van der Waals surface area contributed by atoms with Gasteiger partial charge in [-0.1, -0.05) is 30.3 Å². The Bertz CT molecular complexity index is 1410. The summed E-state index contributed by atoms with van der Waals surface area (Å²) < 4.78 is 39.2. The smallest absolute Gasteiger partial charge is 0.331 e. The molecule has 1 aliphatic heterocycles. The van der Waals surface area contributed by atoms with Gasteiger partial charge in [0.15, 0.2) is 0 Å².